The molecule has 2 fully saturated rings. The normalized spacial score (nSPS) is 21.5. The van der Waals surface area contributed by atoms with Crippen LogP contribution in [0.1, 0.15) is 36.1 Å². The van der Waals surface area contributed by atoms with Crippen molar-refractivity contribution in [2.45, 2.75) is 25.3 Å². The van der Waals surface area contributed by atoms with E-state index in [1.165, 1.54) is 0 Å². The monoisotopic (exact) mass is 353 g/mol. The molecule has 26 heavy (non-hydrogen) atoms. The average molecular weight is 353 g/mol. The zero-order valence-corrected chi connectivity index (χ0v) is 14.8. The van der Waals surface area contributed by atoms with Crippen molar-refractivity contribution in [1.29, 1.82) is 5.26 Å². The van der Waals surface area contributed by atoms with E-state index < -0.39 is 0 Å². The standard InChI is InChI=1S/C19H23N5O2/c20-12-15-4-1-2-6-17(15)24-9-7-23(8-10-24)13-18-21-22-19(26-18)16-5-3-11-25-14-16/h1-2,4,6,16H,3,5,7-11,13-14H2. The van der Waals surface area contributed by atoms with Gasteiger partial charge in [-0.15, -0.1) is 10.2 Å². The van der Waals surface area contributed by atoms with Gasteiger partial charge in [-0.2, -0.15) is 5.26 Å². The van der Waals surface area contributed by atoms with Crippen LogP contribution >= 0.6 is 0 Å². The third-order valence-electron chi connectivity index (χ3n) is 5.09. The van der Waals surface area contributed by atoms with Gasteiger partial charge in [-0.1, -0.05) is 12.1 Å². The fraction of sp³-hybridized carbons (Fsp3) is 0.526. The number of nitrogens with zero attached hydrogens (tertiary/aromatic N) is 5. The molecule has 1 unspecified atom stereocenters. The van der Waals surface area contributed by atoms with Gasteiger partial charge in [-0.05, 0) is 25.0 Å². The zero-order valence-electron chi connectivity index (χ0n) is 14.8. The minimum absolute atomic E-state index is 0.240. The second-order valence-electron chi connectivity index (χ2n) is 6.84. The summed E-state index contributed by atoms with van der Waals surface area (Å²) in [6.07, 6.45) is 2.10. The fourth-order valence-corrected chi connectivity index (χ4v) is 3.61. The maximum atomic E-state index is 9.28. The summed E-state index contributed by atoms with van der Waals surface area (Å²) in [5.41, 5.74) is 1.75. The van der Waals surface area contributed by atoms with E-state index in [1.807, 2.05) is 24.3 Å². The predicted molar refractivity (Wildman–Crippen MR) is 95.7 cm³/mol. The zero-order chi connectivity index (χ0) is 17.8. The van der Waals surface area contributed by atoms with Crippen LogP contribution in [0.15, 0.2) is 28.7 Å². The van der Waals surface area contributed by atoms with Gasteiger partial charge in [0.25, 0.3) is 0 Å². The highest BCUT2D eigenvalue weighted by Crippen LogP contribution is 2.25. The lowest BCUT2D eigenvalue weighted by Gasteiger charge is -2.35. The van der Waals surface area contributed by atoms with Crippen LogP contribution in [0, 0.1) is 11.3 Å². The van der Waals surface area contributed by atoms with Gasteiger partial charge in [-0.3, -0.25) is 4.90 Å². The number of benzene rings is 1. The molecule has 2 aliphatic heterocycles. The maximum absolute atomic E-state index is 9.28. The number of anilines is 1. The van der Waals surface area contributed by atoms with Crippen LogP contribution in [0.5, 0.6) is 0 Å². The number of piperazine rings is 1. The van der Waals surface area contributed by atoms with E-state index in [4.69, 9.17) is 9.15 Å². The summed E-state index contributed by atoms with van der Waals surface area (Å²) in [6, 6.07) is 10.1. The summed E-state index contributed by atoms with van der Waals surface area (Å²) in [7, 11) is 0. The Morgan fingerprint density at radius 2 is 2.00 bits per heavy atom. The van der Waals surface area contributed by atoms with Gasteiger partial charge >= 0.3 is 0 Å². The van der Waals surface area contributed by atoms with Crippen LogP contribution in [0.3, 0.4) is 0 Å². The summed E-state index contributed by atoms with van der Waals surface area (Å²) >= 11 is 0. The number of aromatic nitrogens is 2. The first-order valence-electron chi connectivity index (χ1n) is 9.20. The Balaban J connectivity index is 1.33. The molecule has 0 saturated carbocycles. The van der Waals surface area contributed by atoms with Crippen LogP contribution < -0.4 is 4.90 Å². The SMILES string of the molecule is N#Cc1ccccc1N1CCN(Cc2nnc(C3CCCOC3)o2)CC1. The van der Waals surface area contributed by atoms with E-state index in [2.05, 4.69) is 26.1 Å². The first-order valence-corrected chi connectivity index (χ1v) is 9.20. The maximum Gasteiger partial charge on any atom is 0.230 e. The minimum Gasteiger partial charge on any atom is -0.423 e. The highest BCUT2D eigenvalue weighted by molar-refractivity contribution is 5.59. The Hall–Kier alpha value is -2.43. The highest BCUT2D eigenvalue weighted by Gasteiger charge is 2.24. The summed E-state index contributed by atoms with van der Waals surface area (Å²) in [4.78, 5) is 4.59. The second kappa shape index (κ2) is 7.85. The van der Waals surface area contributed by atoms with Crippen molar-refractivity contribution in [3.05, 3.63) is 41.6 Å². The first-order chi connectivity index (χ1) is 12.8. The topological polar surface area (TPSA) is 78.4 Å². The molecule has 1 aromatic carbocycles. The van der Waals surface area contributed by atoms with Crippen LogP contribution in [0.2, 0.25) is 0 Å². The van der Waals surface area contributed by atoms with Gasteiger partial charge in [0.2, 0.25) is 11.8 Å². The van der Waals surface area contributed by atoms with Gasteiger partial charge in [-0.25, -0.2) is 0 Å². The molecule has 136 valence electrons. The van der Waals surface area contributed by atoms with Gasteiger partial charge in [0.05, 0.1) is 30.3 Å². The summed E-state index contributed by atoms with van der Waals surface area (Å²) in [5.74, 6) is 1.63. The smallest absolute Gasteiger partial charge is 0.230 e. The first kappa shape index (κ1) is 17.0. The molecule has 0 radical (unpaired) electrons. The van der Waals surface area contributed by atoms with E-state index in [0.717, 1.165) is 56.9 Å². The number of hydrogen-bond acceptors (Lipinski definition) is 7. The molecule has 3 heterocycles. The number of rotatable bonds is 4. The minimum atomic E-state index is 0.240. The van der Waals surface area contributed by atoms with Gasteiger partial charge in [0, 0.05) is 32.8 Å². The predicted octanol–water partition coefficient (Wildman–Crippen LogP) is 2.16. The Morgan fingerprint density at radius 3 is 2.77 bits per heavy atom. The quantitative estimate of drug-likeness (QED) is 0.833. The molecule has 0 spiro atoms. The lowest BCUT2D eigenvalue weighted by Crippen LogP contribution is -2.46. The van der Waals surface area contributed by atoms with E-state index in [0.29, 0.717) is 24.9 Å². The number of nitriles is 1. The molecule has 1 aromatic heterocycles. The Labute approximate surface area is 153 Å². The molecule has 1 atom stereocenters. The van der Waals surface area contributed by atoms with E-state index in [-0.39, 0.29) is 5.92 Å². The van der Waals surface area contributed by atoms with Crippen molar-refractivity contribution in [3.8, 4) is 6.07 Å². The molecule has 2 saturated heterocycles. The summed E-state index contributed by atoms with van der Waals surface area (Å²) in [5, 5.41) is 17.7. The van der Waals surface area contributed by atoms with Gasteiger partial charge in [0.15, 0.2) is 0 Å². The Bertz CT molecular complexity index is 770. The van der Waals surface area contributed by atoms with Crippen molar-refractivity contribution in [2.24, 2.45) is 0 Å². The van der Waals surface area contributed by atoms with Crippen molar-refractivity contribution in [3.63, 3.8) is 0 Å². The number of hydrogen-bond donors (Lipinski definition) is 0. The van der Waals surface area contributed by atoms with Crippen molar-refractivity contribution in [1.82, 2.24) is 15.1 Å². The van der Waals surface area contributed by atoms with Crippen LogP contribution in [-0.4, -0.2) is 54.5 Å². The molecule has 0 N–H and O–H groups in total. The molecule has 2 aromatic rings. The second-order valence-corrected chi connectivity index (χ2v) is 6.84. The number of para-hydroxylation sites is 1. The summed E-state index contributed by atoms with van der Waals surface area (Å²) in [6.45, 7) is 5.77. The molecule has 7 heteroatoms. The molecule has 0 amide bonds. The van der Waals surface area contributed by atoms with Crippen LogP contribution in [0.25, 0.3) is 0 Å². The molecule has 0 bridgehead atoms. The third kappa shape index (κ3) is 3.71. The Kier molecular flexibility index (Phi) is 5.14. The molecule has 7 nitrogen and oxygen atoms in total. The Morgan fingerprint density at radius 1 is 1.15 bits per heavy atom. The van der Waals surface area contributed by atoms with E-state index in [9.17, 15) is 5.26 Å². The largest absolute Gasteiger partial charge is 0.423 e. The third-order valence-corrected chi connectivity index (χ3v) is 5.09. The lowest BCUT2D eigenvalue weighted by atomic mass is 10.0. The highest BCUT2D eigenvalue weighted by atomic mass is 16.5. The lowest BCUT2D eigenvalue weighted by molar-refractivity contribution is 0.0717. The van der Waals surface area contributed by atoms with E-state index in [1.54, 1.807) is 0 Å². The van der Waals surface area contributed by atoms with Crippen LogP contribution in [0.4, 0.5) is 5.69 Å². The van der Waals surface area contributed by atoms with Gasteiger partial charge in [0.1, 0.15) is 6.07 Å². The van der Waals surface area contributed by atoms with Crippen molar-refractivity contribution >= 4 is 5.69 Å². The molecule has 0 aliphatic carbocycles. The molecular weight excluding hydrogens is 330 g/mol. The van der Waals surface area contributed by atoms with Crippen molar-refractivity contribution < 1.29 is 9.15 Å². The van der Waals surface area contributed by atoms with Crippen molar-refractivity contribution in [2.75, 3.05) is 44.3 Å². The number of ether oxygens (including phenoxy) is 1. The summed E-state index contributed by atoms with van der Waals surface area (Å²) < 4.78 is 11.4. The van der Waals surface area contributed by atoms with E-state index >= 15 is 0 Å². The molecular formula is C19H23N5O2. The average Bonchev–Trinajstić information content (AvgIpc) is 3.18. The van der Waals surface area contributed by atoms with Crippen LogP contribution in [-0.2, 0) is 11.3 Å². The fourth-order valence-electron chi connectivity index (χ4n) is 3.61. The molecule has 2 aliphatic rings. The molecule has 4 rings (SSSR count). The van der Waals surface area contributed by atoms with Gasteiger partial charge < -0.3 is 14.1 Å².